The Morgan fingerprint density at radius 3 is 1.92 bits per heavy atom. The Bertz CT molecular complexity index is 673. The Balaban J connectivity index is 1.78. The van der Waals surface area contributed by atoms with Crippen molar-refractivity contribution in [3.63, 3.8) is 0 Å². The number of halogens is 3. The summed E-state index contributed by atoms with van der Waals surface area (Å²) in [7, 11) is 0. The van der Waals surface area contributed by atoms with Gasteiger partial charge >= 0.3 is 6.08 Å². The molecule has 0 aromatic heterocycles. The Morgan fingerprint density at radius 2 is 1.38 bits per heavy atom. The molecule has 2 aromatic carbocycles. The largest absolute Gasteiger partial charge is 0.303 e. The zero-order valence-electron chi connectivity index (χ0n) is 13.3. The lowest BCUT2D eigenvalue weighted by molar-refractivity contribution is 0.148. The maximum absolute atomic E-state index is 14.2. The van der Waals surface area contributed by atoms with Crippen molar-refractivity contribution in [3.8, 4) is 0 Å². The molecular formula is C20H20F3N. The molecule has 126 valence electrons. The van der Waals surface area contributed by atoms with E-state index in [2.05, 4.69) is 12.1 Å². The standard InChI is InChI=1S/C20H20F3N/c21-18(20(22)23)19(17-9-5-2-6-10-17)24-13-11-16(12-14-24)15-7-3-1-4-8-15/h1-10,16,19H,11-14H2. The highest BCUT2D eigenvalue weighted by Crippen LogP contribution is 2.37. The molecule has 0 bridgehead atoms. The van der Waals surface area contributed by atoms with E-state index in [4.69, 9.17) is 0 Å². The van der Waals surface area contributed by atoms with Crippen LogP contribution < -0.4 is 0 Å². The summed E-state index contributed by atoms with van der Waals surface area (Å²) in [6.45, 7) is 1.19. The van der Waals surface area contributed by atoms with Crippen LogP contribution in [0, 0.1) is 0 Å². The molecule has 0 amide bonds. The van der Waals surface area contributed by atoms with Gasteiger partial charge in [-0.15, -0.1) is 0 Å². The zero-order chi connectivity index (χ0) is 16.9. The van der Waals surface area contributed by atoms with Crippen LogP contribution in [0.15, 0.2) is 72.6 Å². The molecule has 1 unspecified atom stereocenters. The van der Waals surface area contributed by atoms with E-state index in [0.717, 1.165) is 12.8 Å². The van der Waals surface area contributed by atoms with Crippen molar-refractivity contribution in [2.24, 2.45) is 0 Å². The third-order valence-electron chi connectivity index (χ3n) is 4.70. The van der Waals surface area contributed by atoms with Gasteiger partial charge in [-0.1, -0.05) is 60.7 Å². The Hall–Kier alpha value is -2.07. The third kappa shape index (κ3) is 3.70. The topological polar surface area (TPSA) is 3.24 Å². The van der Waals surface area contributed by atoms with Crippen LogP contribution in [0.5, 0.6) is 0 Å². The summed E-state index contributed by atoms with van der Waals surface area (Å²) in [6, 6.07) is 17.9. The van der Waals surface area contributed by atoms with E-state index in [1.807, 2.05) is 23.1 Å². The van der Waals surface area contributed by atoms with E-state index in [1.54, 1.807) is 30.3 Å². The van der Waals surface area contributed by atoms with E-state index in [9.17, 15) is 13.2 Å². The van der Waals surface area contributed by atoms with Crippen molar-refractivity contribution < 1.29 is 13.2 Å². The van der Waals surface area contributed by atoms with Crippen molar-refractivity contribution in [3.05, 3.63) is 83.7 Å². The molecule has 1 aliphatic rings. The highest BCUT2D eigenvalue weighted by Gasteiger charge is 2.31. The van der Waals surface area contributed by atoms with Gasteiger partial charge < -0.3 is 0 Å². The van der Waals surface area contributed by atoms with Gasteiger partial charge in [-0.25, -0.2) is 4.39 Å². The van der Waals surface area contributed by atoms with E-state index in [-0.39, 0.29) is 0 Å². The van der Waals surface area contributed by atoms with Crippen molar-refractivity contribution >= 4 is 0 Å². The molecule has 1 heterocycles. The smallest absolute Gasteiger partial charge is 0.290 e. The van der Waals surface area contributed by atoms with Crippen LogP contribution in [-0.4, -0.2) is 18.0 Å². The van der Waals surface area contributed by atoms with E-state index >= 15 is 0 Å². The lowest BCUT2D eigenvalue weighted by Gasteiger charge is -2.37. The Morgan fingerprint density at radius 1 is 0.833 bits per heavy atom. The number of benzene rings is 2. The van der Waals surface area contributed by atoms with E-state index < -0.39 is 17.9 Å². The van der Waals surface area contributed by atoms with Crippen molar-refractivity contribution in [2.45, 2.75) is 24.8 Å². The molecule has 1 atom stereocenters. The van der Waals surface area contributed by atoms with Gasteiger partial charge in [-0.2, -0.15) is 8.78 Å². The second kappa shape index (κ2) is 7.67. The molecule has 1 fully saturated rings. The van der Waals surface area contributed by atoms with Gasteiger partial charge in [0.1, 0.15) is 0 Å². The van der Waals surface area contributed by atoms with Crippen molar-refractivity contribution in [1.29, 1.82) is 0 Å². The third-order valence-corrected chi connectivity index (χ3v) is 4.70. The minimum atomic E-state index is -2.23. The second-order valence-electron chi connectivity index (χ2n) is 6.14. The molecule has 4 heteroatoms. The van der Waals surface area contributed by atoms with Crippen molar-refractivity contribution in [1.82, 2.24) is 4.90 Å². The van der Waals surface area contributed by atoms with Gasteiger partial charge in [0.2, 0.25) is 0 Å². The molecule has 0 N–H and O–H groups in total. The normalized spacial score (nSPS) is 17.5. The van der Waals surface area contributed by atoms with Crippen LogP contribution in [0.1, 0.15) is 35.9 Å². The number of hydrogen-bond acceptors (Lipinski definition) is 1. The van der Waals surface area contributed by atoms with Gasteiger partial charge in [0.05, 0.1) is 6.04 Å². The van der Waals surface area contributed by atoms with Crippen molar-refractivity contribution in [2.75, 3.05) is 13.1 Å². The molecule has 0 saturated carbocycles. The summed E-state index contributed by atoms with van der Waals surface area (Å²) in [5.41, 5.74) is 1.84. The van der Waals surface area contributed by atoms with Crippen LogP contribution in [-0.2, 0) is 0 Å². The maximum Gasteiger partial charge on any atom is 0.303 e. The minimum absolute atomic E-state index is 0.404. The highest BCUT2D eigenvalue weighted by molar-refractivity contribution is 5.27. The molecule has 0 radical (unpaired) electrons. The average Bonchev–Trinajstić information content (AvgIpc) is 2.64. The molecule has 1 nitrogen and oxygen atoms in total. The predicted octanol–water partition coefficient (Wildman–Crippen LogP) is 5.68. The maximum atomic E-state index is 14.2. The molecule has 1 saturated heterocycles. The summed E-state index contributed by atoms with van der Waals surface area (Å²) in [6.07, 6.45) is -0.544. The first-order valence-electron chi connectivity index (χ1n) is 8.21. The second-order valence-corrected chi connectivity index (χ2v) is 6.14. The number of piperidine rings is 1. The molecule has 0 aliphatic carbocycles. The number of rotatable bonds is 4. The van der Waals surface area contributed by atoms with Crippen LogP contribution in [0.25, 0.3) is 0 Å². The van der Waals surface area contributed by atoms with Crippen LogP contribution >= 0.6 is 0 Å². The fraction of sp³-hybridized carbons (Fsp3) is 0.300. The fourth-order valence-electron chi connectivity index (χ4n) is 3.47. The van der Waals surface area contributed by atoms with Crippen LogP contribution in [0.4, 0.5) is 13.2 Å². The van der Waals surface area contributed by atoms with Gasteiger partial charge in [0.25, 0.3) is 0 Å². The summed E-state index contributed by atoms with van der Waals surface area (Å²) in [5, 5.41) is 0. The summed E-state index contributed by atoms with van der Waals surface area (Å²) >= 11 is 0. The van der Waals surface area contributed by atoms with Gasteiger partial charge in [-0.3, -0.25) is 4.90 Å². The number of likely N-dealkylation sites (tertiary alicyclic amines) is 1. The molecule has 2 aromatic rings. The zero-order valence-corrected chi connectivity index (χ0v) is 13.3. The minimum Gasteiger partial charge on any atom is -0.290 e. The molecule has 1 aliphatic heterocycles. The molecule has 24 heavy (non-hydrogen) atoms. The predicted molar refractivity (Wildman–Crippen MR) is 89.5 cm³/mol. The summed E-state index contributed by atoms with van der Waals surface area (Å²) < 4.78 is 40.0. The lowest BCUT2D eigenvalue weighted by Crippen LogP contribution is -2.36. The van der Waals surface area contributed by atoms with E-state index in [0.29, 0.717) is 24.6 Å². The summed E-state index contributed by atoms with van der Waals surface area (Å²) in [4.78, 5) is 1.82. The highest BCUT2D eigenvalue weighted by atomic mass is 19.3. The Labute approximate surface area is 140 Å². The number of hydrogen-bond donors (Lipinski definition) is 0. The van der Waals surface area contributed by atoms with Crippen LogP contribution in [0.3, 0.4) is 0 Å². The van der Waals surface area contributed by atoms with Crippen LogP contribution in [0.2, 0.25) is 0 Å². The Kier molecular flexibility index (Phi) is 5.36. The number of nitrogens with zero attached hydrogens (tertiary/aromatic N) is 1. The first-order valence-corrected chi connectivity index (χ1v) is 8.21. The SMILES string of the molecule is FC(F)=C(F)C(c1ccccc1)N1CCC(c2ccccc2)CC1. The first-order chi connectivity index (χ1) is 11.7. The monoisotopic (exact) mass is 331 g/mol. The molecule has 0 spiro atoms. The van der Waals surface area contributed by atoms with Gasteiger partial charge in [0, 0.05) is 0 Å². The molecule has 3 rings (SSSR count). The van der Waals surface area contributed by atoms with Gasteiger partial charge in [0.15, 0.2) is 5.83 Å². The lowest BCUT2D eigenvalue weighted by atomic mass is 9.88. The quantitative estimate of drug-likeness (QED) is 0.696. The fourth-order valence-corrected chi connectivity index (χ4v) is 3.47. The first kappa shape index (κ1) is 16.8. The van der Waals surface area contributed by atoms with Gasteiger partial charge in [-0.05, 0) is 43.0 Å². The van der Waals surface area contributed by atoms with E-state index in [1.165, 1.54) is 5.56 Å². The summed E-state index contributed by atoms with van der Waals surface area (Å²) in [5.74, 6) is -0.930. The molecular weight excluding hydrogens is 311 g/mol. The average molecular weight is 331 g/mol.